The molecule has 102 valence electrons. The van der Waals surface area contributed by atoms with E-state index in [0.717, 1.165) is 24.2 Å². The second-order valence-corrected chi connectivity index (χ2v) is 5.65. The SMILES string of the molecule is Cc1cc(CNC(C)(C)CCO)c2ccccc2n1. The van der Waals surface area contributed by atoms with Gasteiger partial charge in [-0.1, -0.05) is 18.2 Å². The van der Waals surface area contributed by atoms with Gasteiger partial charge in [0.2, 0.25) is 0 Å². The number of aromatic nitrogens is 1. The maximum atomic E-state index is 9.06. The Hall–Kier alpha value is -1.45. The molecule has 2 aromatic rings. The van der Waals surface area contributed by atoms with E-state index in [-0.39, 0.29) is 12.1 Å². The number of nitrogens with one attached hydrogen (secondary N) is 1. The molecule has 0 saturated heterocycles. The summed E-state index contributed by atoms with van der Waals surface area (Å²) < 4.78 is 0. The van der Waals surface area contributed by atoms with Crippen molar-refractivity contribution in [2.75, 3.05) is 6.61 Å². The van der Waals surface area contributed by atoms with Crippen molar-refractivity contribution >= 4 is 10.9 Å². The molecule has 3 nitrogen and oxygen atoms in total. The Bertz CT molecular complexity index is 564. The molecule has 3 heteroatoms. The minimum absolute atomic E-state index is 0.0625. The maximum Gasteiger partial charge on any atom is 0.0708 e. The zero-order valence-electron chi connectivity index (χ0n) is 11.9. The number of aliphatic hydroxyl groups excluding tert-OH is 1. The lowest BCUT2D eigenvalue weighted by atomic mass is 10.00. The van der Waals surface area contributed by atoms with Crippen LogP contribution in [0.3, 0.4) is 0 Å². The Kier molecular flexibility index (Phi) is 4.17. The number of benzene rings is 1. The van der Waals surface area contributed by atoms with Gasteiger partial charge < -0.3 is 10.4 Å². The van der Waals surface area contributed by atoms with Crippen LogP contribution in [-0.4, -0.2) is 22.2 Å². The highest BCUT2D eigenvalue weighted by Gasteiger charge is 2.16. The lowest BCUT2D eigenvalue weighted by molar-refractivity contribution is 0.230. The lowest BCUT2D eigenvalue weighted by Gasteiger charge is -2.26. The molecule has 0 aliphatic rings. The van der Waals surface area contributed by atoms with Gasteiger partial charge >= 0.3 is 0 Å². The minimum Gasteiger partial charge on any atom is -0.396 e. The number of pyridine rings is 1. The lowest BCUT2D eigenvalue weighted by Crippen LogP contribution is -2.39. The molecule has 0 radical (unpaired) electrons. The predicted molar refractivity (Wildman–Crippen MR) is 79.1 cm³/mol. The number of nitrogens with zero attached hydrogens (tertiary/aromatic N) is 1. The number of aliphatic hydroxyl groups is 1. The summed E-state index contributed by atoms with van der Waals surface area (Å²) in [5.41, 5.74) is 3.27. The van der Waals surface area contributed by atoms with Crippen molar-refractivity contribution in [3.8, 4) is 0 Å². The summed E-state index contributed by atoms with van der Waals surface area (Å²) in [5.74, 6) is 0. The van der Waals surface area contributed by atoms with Gasteiger partial charge in [-0.15, -0.1) is 0 Å². The molecule has 2 rings (SSSR count). The third-order valence-corrected chi connectivity index (χ3v) is 3.42. The summed E-state index contributed by atoms with van der Waals surface area (Å²) in [6, 6.07) is 10.3. The quantitative estimate of drug-likeness (QED) is 0.867. The van der Waals surface area contributed by atoms with Crippen LogP contribution in [0.1, 0.15) is 31.5 Å². The first-order valence-electron chi connectivity index (χ1n) is 6.73. The van der Waals surface area contributed by atoms with E-state index in [0.29, 0.717) is 0 Å². The van der Waals surface area contributed by atoms with Crippen LogP contribution in [0.5, 0.6) is 0 Å². The van der Waals surface area contributed by atoms with Gasteiger partial charge in [-0.05, 0) is 44.9 Å². The normalized spacial score (nSPS) is 12.0. The number of hydrogen-bond donors (Lipinski definition) is 2. The van der Waals surface area contributed by atoms with E-state index >= 15 is 0 Å². The molecule has 2 N–H and O–H groups in total. The Morgan fingerprint density at radius 2 is 2.00 bits per heavy atom. The summed E-state index contributed by atoms with van der Waals surface area (Å²) in [7, 11) is 0. The molecule has 1 heterocycles. The predicted octanol–water partition coefficient (Wildman–Crippen LogP) is 2.79. The highest BCUT2D eigenvalue weighted by Crippen LogP contribution is 2.19. The Morgan fingerprint density at radius 3 is 2.74 bits per heavy atom. The molecule has 0 unspecified atom stereocenters. The smallest absolute Gasteiger partial charge is 0.0708 e. The third kappa shape index (κ3) is 3.52. The first-order chi connectivity index (χ1) is 9.02. The topological polar surface area (TPSA) is 45.1 Å². The molecule has 0 aliphatic carbocycles. The fourth-order valence-corrected chi connectivity index (χ4v) is 2.24. The number of para-hydroxylation sites is 1. The molecule has 0 atom stereocenters. The van der Waals surface area contributed by atoms with Crippen LogP contribution in [0.2, 0.25) is 0 Å². The molecule has 1 aromatic carbocycles. The fraction of sp³-hybridized carbons (Fsp3) is 0.438. The molecule has 0 saturated carbocycles. The van der Waals surface area contributed by atoms with Crippen LogP contribution in [0.25, 0.3) is 10.9 Å². The van der Waals surface area contributed by atoms with Crippen LogP contribution in [0, 0.1) is 6.92 Å². The van der Waals surface area contributed by atoms with Gasteiger partial charge in [0.1, 0.15) is 0 Å². The van der Waals surface area contributed by atoms with Crippen LogP contribution >= 0.6 is 0 Å². The van der Waals surface area contributed by atoms with Crippen LogP contribution < -0.4 is 5.32 Å². The zero-order valence-corrected chi connectivity index (χ0v) is 11.9. The van der Waals surface area contributed by atoms with E-state index < -0.39 is 0 Å². The molecule has 0 fully saturated rings. The van der Waals surface area contributed by atoms with Crippen LogP contribution in [0.4, 0.5) is 0 Å². The van der Waals surface area contributed by atoms with Gasteiger partial charge in [0.05, 0.1) is 5.52 Å². The minimum atomic E-state index is -0.0625. The van der Waals surface area contributed by atoms with Crippen LogP contribution in [-0.2, 0) is 6.54 Å². The molecular formula is C16H22N2O. The fourth-order valence-electron chi connectivity index (χ4n) is 2.24. The Balaban J connectivity index is 2.25. The average molecular weight is 258 g/mol. The highest BCUT2D eigenvalue weighted by atomic mass is 16.3. The van der Waals surface area contributed by atoms with E-state index in [2.05, 4.69) is 36.3 Å². The maximum absolute atomic E-state index is 9.06. The summed E-state index contributed by atoms with van der Waals surface area (Å²) in [5, 5.41) is 13.8. The summed E-state index contributed by atoms with van der Waals surface area (Å²) in [6.07, 6.45) is 0.745. The summed E-state index contributed by atoms with van der Waals surface area (Å²) in [6.45, 7) is 7.24. The van der Waals surface area contributed by atoms with E-state index in [1.54, 1.807) is 0 Å². The van der Waals surface area contributed by atoms with Crippen molar-refractivity contribution in [2.45, 2.75) is 39.3 Å². The molecule has 0 amide bonds. The summed E-state index contributed by atoms with van der Waals surface area (Å²) >= 11 is 0. The van der Waals surface area contributed by atoms with E-state index in [9.17, 15) is 0 Å². The first kappa shape index (κ1) is 14.0. The molecular weight excluding hydrogens is 236 g/mol. The van der Waals surface area contributed by atoms with Crippen molar-refractivity contribution in [1.82, 2.24) is 10.3 Å². The number of aryl methyl sites for hydroxylation is 1. The molecule has 0 aliphatic heterocycles. The zero-order chi connectivity index (χ0) is 13.9. The second-order valence-electron chi connectivity index (χ2n) is 5.65. The molecule has 0 spiro atoms. The number of hydrogen-bond acceptors (Lipinski definition) is 3. The van der Waals surface area contributed by atoms with Crippen molar-refractivity contribution in [2.24, 2.45) is 0 Å². The van der Waals surface area contributed by atoms with Gasteiger partial charge in [-0.2, -0.15) is 0 Å². The van der Waals surface area contributed by atoms with Gasteiger partial charge in [-0.25, -0.2) is 0 Å². The largest absolute Gasteiger partial charge is 0.396 e. The average Bonchev–Trinajstić information content (AvgIpc) is 2.36. The monoisotopic (exact) mass is 258 g/mol. The number of rotatable bonds is 5. The second kappa shape index (κ2) is 5.68. The molecule has 1 aromatic heterocycles. The van der Waals surface area contributed by atoms with E-state index in [4.69, 9.17) is 5.11 Å². The Morgan fingerprint density at radius 1 is 1.26 bits per heavy atom. The van der Waals surface area contributed by atoms with Gasteiger partial charge in [0, 0.05) is 29.8 Å². The van der Waals surface area contributed by atoms with Crippen molar-refractivity contribution < 1.29 is 5.11 Å². The van der Waals surface area contributed by atoms with E-state index in [1.807, 2.05) is 25.1 Å². The third-order valence-electron chi connectivity index (χ3n) is 3.42. The Labute approximate surface area is 114 Å². The van der Waals surface area contributed by atoms with Crippen molar-refractivity contribution in [3.63, 3.8) is 0 Å². The van der Waals surface area contributed by atoms with E-state index in [1.165, 1.54) is 10.9 Å². The highest BCUT2D eigenvalue weighted by molar-refractivity contribution is 5.82. The van der Waals surface area contributed by atoms with Crippen LogP contribution in [0.15, 0.2) is 30.3 Å². The standard InChI is InChI=1S/C16H22N2O/c1-12-10-13(11-17-16(2,3)8-9-19)14-6-4-5-7-15(14)18-12/h4-7,10,17,19H,8-9,11H2,1-3H3. The molecule has 0 bridgehead atoms. The number of fused-ring (bicyclic) bond motifs is 1. The van der Waals surface area contributed by atoms with Gasteiger partial charge in [0.25, 0.3) is 0 Å². The van der Waals surface area contributed by atoms with Gasteiger partial charge in [0.15, 0.2) is 0 Å². The van der Waals surface area contributed by atoms with Crippen molar-refractivity contribution in [3.05, 3.63) is 41.6 Å². The molecule has 19 heavy (non-hydrogen) atoms. The van der Waals surface area contributed by atoms with Gasteiger partial charge in [-0.3, -0.25) is 4.98 Å². The summed E-state index contributed by atoms with van der Waals surface area (Å²) in [4.78, 5) is 4.55. The first-order valence-corrected chi connectivity index (χ1v) is 6.73. The van der Waals surface area contributed by atoms with Crippen molar-refractivity contribution in [1.29, 1.82) is 0 Å².